The van der Waals surface area contributed by atoms with Crippen molar-refractivity contribution in [1.29, 1.82) is 0 Å². The highest BCUT2D eigenvalue weighted by atomic mass is 16.5. The number of H-pyrrole nitrogens is 1. The second kappa shape index (κ2) is 6.48. The molecule has 4 heteroatoms. The molecule has 24 heavy (non-hydrogen) atoms. The van der Waals surface area contributed by atoms with Crippen molar-refractivity contribution in [2.45, 2.75) is 38.2 Å². The minimum Gasteiger partial charge on any atom is -0.469 e. The molecule has 0 radical (unpaired) electrons. The quantitative estimate of drug-likeness (QED) is 0.929. The zero-order valence-corrected chi connectivity index (χ0v) is 13.5. The van der Waals surface area contributed by atoms with Gasteiger partial charge in [0.2, 0.25) is 5.88 Å². The fraction of sp³-hybridized carbons (Fsp3) is 0.300. The lowest BCUT2D eigenvalue weighted by atomic mass is 9.85. The molecule has 1 unspecified atom stereocenters. The highest BCUT2D eigenvalue weighted by molar-refractivity contribution is 5.67. The molecule has 2 aromatic rings. The number of nitrogens with zero attached hydrogens (tertiary/aromatic N) is 1. The third-order valence-electron chi connectivity index (χ3n) is 4.74. The summed E-state index contributed by atoms with van der Waals surface area (Å²) in [5.41, 5.74) is 4.28. The number of rotatable bonds is 3. The number of aromatic amines is 1. The van der Waals surface area contributed by atoms with E-state index in [1.807, 2.05) is 12.1 Å². The van der Waals surface area contributed by atoms with Crippen LogP contribution in [0.1, 0.15) is 32.1 Å². The van der Waals surface area contributed by atoms with Crippen molar-refractivity contribution >= 4 is 0 Å². The number of aromatic nitrogens is 2. The monoisotopic (exact) mass is 320 g/mol. The average molecular weight is 320 g/mol. The molecule has 122 valence electrons. The number of allylic oxidation sites excluding steroid dienone is 2. The second-order valence-electron chi connectivity index (χ2n) is 6.33. The van der Waals surface area contributed by atoms with Crippen LogP contribution in [-0.4, -0.2) is 16.1 Å². The molecule has 1 N–H and O–H groups in total. The standard InChI is InChI=1S/C20H20N2O2/c23-19-9-11-21-13-18(19)17-6-3-10-22-20(17)24-16-8-7-14-4-1-2-5-15(14)12-16/h3,6-11,13,16H,1-2,4-5,12H2,(H,21,23). The second-order valence-corrected chi connectivity index (χ2v) is 6.33. The van der Waals surface area contributed by atoms with E-state index in [-0.39, 0.29) is 11.5 Å². The fourth-order valence-electron chi connectivity index (χ4n) is 3.50. The fourth-order valence-corrected chi connectivity index (χ4v) is 3.50. The molecular formula is C20H20N2O2. The summed E-state index contributed by atoms with van der Waals surface area (Å²) in [5, 5.41) is 0. The van der Waals surface area contributed by atoms with E-state index in [1.54, 1.807) is 18.6 Å². The lowest BCUT2D eigenvalue weighted by molar-refractivity contribution is 0.236. The molecule has 1 atom stereocenters. The number of ether oxygens (including phenoxy) is 1. The third kappa shape index (κ3) is 2.92. The maximum Gasteiger partial charge on any atom is 0.222 e. The van der Waals surface area contributed by atoms with E-state index in [0.717, 1.165) is 12.0 Å². The molecule has 4 rings (SSSR count). The van der Waals surface area contributed by atoms with Gasteiger partial charge in [-0.3, -0.25) is 4.79 Å². The van der Waals surface area contributed by atoms with Gasteiger partial charge in [-0.25, -0.2) is 4.98 Å². The van der Waals surface area contributed by atoms with Gasteiger partial charge in [0.05, 0.1) is 5.56 Å². The van der Waals surface area contributed by atoms with Crippen LogP contribution in [0.5, 0.6) is 5.88 Å². The minimum absolute atomic E-state index is 0.0155. The van der Waals surface area contributed by atoms with Crippen LogP contribution < -0.4 is 10.2 Å². The van der Waals surface area contributed by atoms with Crippen molar-refractivity contribution in [2.75, 3.05) is 0 Å². The van der Waals surface area contributed by atoms with E-state index >= 15 is 0 Å². The maximum atomic E-state index is 12.1. The first-order chi connectivity index (χ1) is 11.8. The number of hydrogen-bond donors (Lipinski definition) is 1. The van der Waals surface area contributed by atoms with Crippen LogP contribution in [0.4, 0.5) is 0 Å². The van der Waals surface area contributed by atoms with Crippen molar-refractivity contribution in [3.05, 3.63) is 70.3 Å². The summed E-state index contributed by atoms with van der Waals surface area (Å²) in [6.45, 7) is 0. The molecular weight excluding hydrogens is 300 g/mol. The molecule has 0 saturated carbocycles. The Morgan fingerprint density at radius 2 is 2.08 bits per heavy atom. The zero-order chi connectivity index (χ0) is 16.4. The molecule has 0 amide bonds. The van der Waals surface area contributed by atoms with Crippen molar-refractivity contribution in [3.63, 3.8) is 0 Å². The first kappa shape index (κ1) is 14.9. The van der Waals surface area contributed by atoms with Gasteiger partial charge in [-0.2, -0.15) is 0 Å². The first-order valence-corrected chi connectivity index (χ1v) is 8.49. The molecule has 2 aromatic heterocycles. The van der Waals surface area contributed by atoms with Crippen LogP contribution in [0.2, 0.25) is 0 Å². The summed E-state index contributed by atoms with van der Waals surface area (Å²) in [4.78, 5) is 19.5. The largest absolute Gasteiger partial charge is 0.469 e. The van der Waals surface area contributed by atoms with Gasteiger partial charge in [0.15, 0.2) is 5.43 Å². The van der Waals surface area contributed by atoms with Crippen LogP contribution in [0.25, 0.3) is 11.1 Å². The molecule has 0 aliphatic heterocycles. The van der Waals surface area contributed by atoms with Crippen molar-refractivity contribution in [3.8, 4) is 17.0 Å². The normalized spacial score (nSPS) is 19.9. The summed E-state index contributed by atoms with van der Waals surface area (Å²) in [7, 11) is 0. The van der Waals surface area contributed by atoms with Gasteiger partial charge < -0.3 is 9.72 Å². The maximum absolute atomic E-state index is 12.1. The van der Waals surface area contributed by atoms with Gasteiger partial charge in [-0.1, -0.05) is 11.6 Å². The Morgan fingerprint density at radius 3 is 3.00 bits per heavy atom. The highest BCUT2D eigenvalue weighted by Gasteiger charge is 2.21. The lowest BCUT2D eigenvalue weighted by Gasteiger charge is -2.26. The van der Waals surface area contributed by atoms with Crippen LogP contribution in [0.15, 0.2) is 64.9 Å². The Morgan fingerprint density at radius 1 is 1.17 bits per heavy atom. The molecule has 4 nitrogen and oxygen atoms in total. The number of nitrogens with one attached hydrogen (secondary N) is 1. The topological polar surface area (TPSA) is 55.0 Å². The van der Waals surface area contributed by atoms with E-state index in [4.69, 9.17) is 4.74 Å². The molecule has 2 aliphatic carbocycles. The van der Waals surface area contributed by atoms with E-state index in [1.165, 1.54) is 42.9 Å². The summed E-state index contributed by atoms with van der Waals surface area (Å²) in [6.07, 6.45) is 15.2. The number of pyridine rings is 2. The van der Waals surface area contributed by atoms with Gasteiger partial charge in [0, 0.05) is 36.6 Å². The van der Waals surface area contributed by atoms with Crippen molar-refractivity contribution in [1.82, 2.24) is 9.97 Å². The predicted molar refractivity (Wildman–Crippen MR) is 94.0 cm³/mol. The molecule has 0 aromatic carbocycles. The van der Waals surface area contributed by atoms with Gasteiger partial charge in [0.1, 0.15) is 6.10 Å². The third-order valence-corrected chi connectivity index (χ3v) is 4.74. The predicted octanol–water partition coefficient (Wildman–Crippen LogP) is 4.01. The van der Waals surface area contributed by atoms with Crippen LogP contribution >= 0.6 is 0 Å². The van der Waals surface area contributed by atoms with Crippen molar-refractivity contribution < 1.29 is 4.74 Å². The van der Waals surface area contributed by atoms with Gasteiger partial charge in [-0.15, -0.1) is 0 Å². The van der Waals surface area contributed by atoms with Crippen LogP contribution in [0.3, 0.4) is 0 Å². The first-order valence-electron chi connectivity index (χ1n) is 8.49. The van der Waals surface area contributed by atoms with Gasteiger partial charge in [-0.05, 0) is 49.5 Å². The smallest absolute Gasteiger partial charge is 0.222 e. The van der Waals surface area contributed by atoms with Crippen LogP contribution in [-0.2, 0) is 0 Å². The summed E-state index contributed by atoms with van der Waals surface area (Å²) >= 11 is 0. The number of hydrogen-bond acceptors (Lipinski definition) is 3. The summed E-state index contributed by atoms with van der Waals surface area (Å²) < 4.78 is 6.16. The Bertz CT molecular complexity index is 864. The van der Waals surface area contributed by atoms with E-state index in [9.17, 15) is 4.79 Å². The Balaban J connectivity index is 1.61. The molecule has 0 spiro atoms. The summed E-state index contributed by atoms with van der Waals surface area (Å²) in [6, 6.07) is 5.23. The lowest BCUT2D eigenvalue weighted by Crippen LogP contribution is -2.20. The zero-order valence-electron chi connectivity index (χ0n) is 13.5. The molecule has 0 fully saturated rings. The highest BCUT2D eigenvalue weighted by Crippen LogP contribution is 2.34. The van der Waals surface area contributed by atoms with Crippen LogP contribution in [0, 0.1) is 0 Å². The van der Waals surface area contributed by atoms with Gasteiger partial charge >= 0.3 is 0 Å². The van der Waals surface area contributed by atoms with Gasteiger partial charge in [0.25, 0.3) is 0 Å². The Labute approximate surface area is 140 Å². The molecule has 2 heterocycles. The minimum atomic E-state index is -0.0388. The molecule has 2 aliphatic rings. The van der Waals surface area contributed by atoms with E-state index in [2.05, 4.69) is 22.1 Å². The summed E-state index contributed by atoms with van der Waals surface area (Å²) in [5.74, 6) is 0.517. The Hall–Kier alpha value is -2.62. The average Bonchev–Trinajstić information content (AvgIpc) is 2.63. The van der Waals surface area contributed by atoms with E-state index in [0.29, 0.717) is 11.4 Å². The molecule has 0 bridgehead atoms. The van der Waals surface area contributed by atoms with E-state index < -0.39 is 0 Å². The SMILES string of the molecule is O=c1cc[nH]cc1-c1cccnc1OC1C=CC2=C(CCCC2)C1. The van der Waals surface area contributed by atoms with Crippen molar-refractivity contribution in [2.24, 2.45) is 0 Å². The molecule has 0 saturated heterocycles. The Kier molecular flexibility index (Phi) is 4.03.